The van der Waals surface area contributed by atoms with Gasteiger partial charge in [-0.15, -0.1) is 10.2 Å². The number of furan rings is 1. The number of nitrogens with zero attached hydrogens (tertiary/aromatic N) is 2. The monoisotopic (exact) mass is 512 g/mol. The topological polar surface area (TPSA) is 136 Å². The summed E-state index contributed by atoms with van der Waals surface area (Å²) in [6.45, 7) is 1.76. The normalized spacial score (nSPS) is 11.5. The van der Waals surface area contributed by atoms with E-state index in [1.165, 1.54) is 25.3 Å². The minimum Gasteiger partial charge on any atom is -0.496 e. The molecule has 0 spiro atoms. The predicted molar refractivity (Wildman–Crippen MR) is 129 cm³/mol. The van der Waals surface area contributed by atoms with Gasteiger partial charge in [-0.2, -0.15) is 0 Å². The lowest BCUT2D eigenvalue weighted by atomic mass is 10.0. The zero-order valence-corrected chi connectivity index (χ0v) is 19.9. The van der Waals surface area contributed by atoms with Crippen LogP contribution in [-0.2, 0) is 4.79 Å². The van der Waals surface area contributed by atoms with Gasteiger partial charge in [0.05, 0.1) is 18.2 Å². The first-order valence-corrected chi connectivity index (χ1v) is 11.2. The third-order valence-corrected chi connectivity index (χ3v) is 5.93. The van der Waals surface area contributed by atoms with Gasteiger partial charge >= 0.3 is 11.9 Å². The second-order valence-electron chi connectivity index (χ2n) is 7.17. The smallest absolute Gasteiger partial charge is 0.342 e. The van der Waals surface area contributed by atoms with Crippen molar-refractivity contribution in [3.05, 3.63) is 75.3 Å². The van der Waals surface area contributed by atoms with Crippen LogP contribution in [0.4, 0.5) is 0 Å². The highest BCUT2D eigenvalue weighted by Crippen LogP contribution is 2.35. The molecule has 4 rings (SSSR count). The fourth-order valence-corrected chi connectivity index (χ4v) is 4.04. The molecule has 0 unspecified atom stereocenters. The van der Waals surface area contributed by atoms with E-state index >= 15 is 0 Å². The van der Waals surface area contributed by atoms with Gasteiger partial charge in [0.1, 0.15) is 22.2 Å². The highest BCUT2D eigenvalue weighted by molar-refractivity contribution is 8.03. The van der Waals surface area contributed by atoms with Crippen molar-refractivity contribution in [2.45, 2.75) is 12.1 Å². The van der Waals surface area contributed by atoms with Crippen LogP contribution in [0.5, 0.6) is 5.75 Å². The Kier molecular flexibility index (Phi) is 6.94. The van der Waals surface area contributed by atoms with E-state index in [-0.39, 0.29) is 27.3 Å². The van der Waals surface area contributed by atoms with Crippen LogP contribution < -0.4 is 4.74 Å². The van der Waals surface area contributed by atoms with Gasteiger partial charge in [-0.05, 0) is 66.7 Å². The van der Waals surface area contributed by atoms with E-state index in [1.807, 2.05) is 0 Å². The molecule has 178 valence electrons. The molecule has 0 saturated carbocycles. The zero-order chi connectivity index (χ0) is 25.1. The second kappa shape index (κ2) is 10.1. The standard InChI is InChI=1S/C24H17ClN2O7S/c1-12-9-13(22(28)29)3-6-16(12)19-8-5-15(33-19)11-20(23(30)31)35-24-27-26-21(34-24)17-10-14(25)4-7-18(17)32-2/h3-11H,1-2H3,(H,28,29)(H,30,31)/b20-11-. The zero-order valence-electron chi connectivity index (χ0n) is 18.3. The van der Waals surface area contributed by atoms with Gasteiger partial charge in [0.2, 0.25) is 0 Å². The van der Waals surface area contributed by atoms with E-state index in [1.54, 1.807) is 43.3 Å². The van der Waals surface area contributed by atoms with Crippen LogP contribution in [0.1, 0.15) is 21.7 Å². The Labute approximate surface area is 208 Å². The predicted octanol–water partition coefficient (Wildman–Crippen LogP) is 5.88. The summed E-state index contributed by atoms with van der Waals surface area (Å²) in [5.41, 5.74) is 2.03. The van der Waals surface area contributed by atoms with Gasteiger partial charge in [-0.25, -0.2) is 9.59 Å². The molecule has 9 nitrogen and oxygen atoms in total. The Balaban J connectivity index is 1.59. The Morgan fingerprint density at radius 1 is 1.03 bits per heavy atom. The molecule has 0 fully saturated rings. The number of hydrogen-bond acceptors (Lipinski definition) is 8. The molecule has 0 atom stereocenters. The van der Waals surface area contributed by atoms with Gasteiger partial charge in [0, 0.05) is 16.7 Å². The number of aromatic nitrogens is 2. The maximum Gasteiger partial charge on any atom is 0.342 e. The molecular weight excluding hydrogens is 496 g/mol. The number of thioether (sulfide) groups is 1. The first-order valence-electron chi connectivity index (χ1n) is 9.99. The Bertz CT molecular complexity index is 1460. The number of halogens is 1. The average molecular weight is 513 g/mol. The number of carbonyl (C=O) groups is 2. The van der Waals surface area contributed by atoms with Crippen LogP contribution in [0.25, 0.3) is 28.9 Å². The number of carboxylic acids is 2. The average Bonchev–Trinajstić information content (AvgIpc) is 3.48. The minimum atomic E-state index is -1.21. The van der Waals surface area contributed by atoms with Gasteiger partial charge in [0.25, 0.3) is 11.1 Å². The number of rotatable bonds is 8. The lowest BCUT2D eigenvalue weighted by Crippen LogP contribution is -1.97. The summed E-state index contributed by atoms with van der Waals surface area (Å²) in [4.78, 5) is 22.9. The fraction of sp³-hybridized carbons (Fsp3) is 0.0833. The van der Waals surface area contributed by atoms with Crippen molar-refractivity contribution < 1.29 is 33.4 Å². The lowest BCUT2D eigenvalue weighted by Gasteiger charge is -2.04. The van der Waals surface area contributed by atoms with Crippen LogP contribution in [0, 0.1) is 6.92 Å². The van der Waals surface area contributed by atoms with Gasteiger partial charge in [-0.3, -0.25) is 0 Å². The second-order valence-corrected chi connectivity index (χ2v) is 8.60. The Morgan fingerprint density at radius 2 is 1.83 bits per heavy atom. The van der Waals surface area contributed by atoms with Crippen LogP contribution in [0.2, 0.25) is 5.02 Å². The third kappa shape index (κ3) is 5.39. The fourth-order valence-electron chi connectivity index (χ4n) is 3.21. The molecule has 4 aromatic rings. The number of hydrogen-bond donors (Lipinski definition) is 2. The highest BCUT2D eigenvalue weighted by Gasteiger charge is 2.19. The number of carboxylic acid groups (broad SMARTS) is 2. The number of benzene rings is 2. The summed E-state index contributed by atoms with van der Waals surface area (Å²) in [7, 11) is 1.49. The van der Waals surface area contributed by atoms with Crippen molar-refractivity contribution in [3.8, 4) is 28.5 Å². The van der Waals surface area contributed by atoms with E-state index in [0.29, 0.717) is 33.2 Å². The maximum atomic E-state index is 11.8. The molecule has 11 heteroatoms. The first kappa shape index (κ1) is 24.1. The van der Waals surface area contributed by atoms with E-state index in [0.717, 1.165) is 11.8 Å². The number of aromatic carboxylic acids is 1. The van der Waals surface area contributed by atoms with Crippen LogP contribution in [-0.4, -0.2) is 39.5 Å². The van der Waals surface area contributed by atoms with Crippen molar-refractivity contribution in [2.75, 3.05) is 7.11 Å². The quantitative estimate of drug-likeness (QED) is 0.217. The number of ether oxygens (including phenoxy) is 1. The lowest BCUT2D eigenvalue weighted by molar-refractivity contribution is -0.131. The van der Waals surface area contributed by atoms with Gasteiger partial charge in [-0.1, -0.05) is 17.7 Å². The Hall–Kier alpha value is -4.02. The van der Waals surface area contributed by atoms with E-state index in [9.17, 15) is 14.7 Å². The van der Waals surface area contributed by atoms with E-state index < -0.39 is 11.9 Å². The van der Waals surface area contributed by atoms with E-state index in [2.05, 4.69) is 10.2 Å². The van der Waals surface area contributed by atoms with Crippen molar-refractivity contribution in [1.29, 1.82) is 0 Å². The number of methoxy groups -OCH3 is 1. The highest BCUT2D eigenvalue weighted by atomic mass is 35.5. The van der Waals surface area contributed by atoms with Gasteiger partial charge in [0.15, 0.2) is 0 Å². The molecule has 0 aliphatic heterocycles. The summed E-state index contributed by atoms with van der Waals surface area (Å²) >= 11 is 6.81. The molecule has 35 heavy (non-hydrogen) atoms. The summed E-state index contributed by atoms with van der Waals surface area (Å²) in [5, 5.41) is 27.1. The molecule has 0 bridgehead atoms. The molecule has 0 aliphatic carbocycles. The van der Waals surface area contributed by atoms with Crippen LogP contribution in [0.3, 0.4) is 0 Å². The minimum absolute atomic E-state index is 0.00237. The summed E-state index contributed by atoms with van der Waals surface area (Å²) in [5.74, 6) is -0.897. The van der Waals surface area contributed by atoms with Crippen molar-refractivity contribution in [1.82, 2.24) is 10.2 Å². The van der Waals surface area contributed by atoms with Crippen molar-refractivity contribution in [2.24, 2.45) is 0 Å². The van der Waals surface area contributed by atoms with Crippen molar-refractivity contribution >= 4 is 41.4 Å². The third-order valence-electron chi connectivity index (χ3n) is 4.85. The molecule has 0 amide bonds. The molecule has 2 aromatic heterocycles. The van der Waals surface area contributed by atoms with E-state index in [4.69, 9.17) is 30.3 Å². The summed E-state index contributed by atoms with van der Waals surface area (Å²) in [6.07, 6.45) is 1.33. The first-order chi connectivity index (χ1) is 16.7. The molecule has 0 radical (unpaired) electrons. The summed E-state index contributed by atoms with van der Waals surface area (Å²) in [6, 6.07) is 12.9. The molecule has 2 heterocycles. The largest absolute Gasteiger partial charge is 0.496 e. The van der Waals surface area contributed by atoms with Crippen molar-refractivity contribution in [3.63, 3.8) is 0 Å². The van der Waals surface area contributed by atoms with Crippen LogP contribution >= 0.6 is 23.4 Å². The van der Waals surface area contributed by atoms with Gasteiger partial charge < -0.3 is 23.8 Å². The SMILES string of the molecule is COc1ccc(Cl)cc1-c1nnc(S/C(=C\c2ccc(-c3ccc(C(=O)O)cc3C)o2)C(=O)O)o1. The molecule has 0 saturated heterocycles. The Morgan fingerprint density at radius 3 is 2.51 bits per heavy atom. The molecular formula is C24H17ClN2O7S. The summed E-state index contributed by atoms with van der Waals surface area (Å²) < 4.78 is 16.7. The molecule has 0 aliphatic rings. The number of aliphatic carboxylic acids is 1. The molecule has 2 aromatic carbocycles. The van der Waals surface area contributed by atoms with Crippen LogP contribution in [0.15, 0.2) is 67.5 Å². The number of aryl methyl sites for hydroxylation is 1. The maximum absolute atomic E-state index is 11.8. The molecule has 2 N–H and O–H groups in total.